The molecule has 0 amide bonds. The van der Waals surface area contributed by atoms with E-state index in [-0.39, 0.29) is 0 Å². The van der Waals surface area contributed by atoms with E-state index in [4.69, 9.17) is 0 Å². The average Bonchev–Trinajstić information content (AvgIpc) is 2.93. The highest BCUT2D eigenvalue weighted by Gasteiger charge is 2.42. The molecule has 3 unspecified atom stereocenters. The Morgan fingerprint density at radius 3 is 3.25 bits per heavy atom. The van der Waals surface area contributed by atoms with Crippen LogP contribution in [0.4, 0.5) is 0 Å². The predicted molar refractivity (Wildman–Crippen MR) is 66.5 cm³/mol. The molecule has 2 aliphatic rings. The summed E-state index contributed by atoms with van der Waals surface area (Å²) in [6, 6.07) is 0.780. The largest absolute Gasteiger partial charge is 0.316 e. The SMILES string of the molecule is CCC1C2CNCC2CN1Cc1cncs1. The lowest BCUT2D eigenvalue weighted by Crippen LogP contribution is -2.34. The Labute approximate surface area is 101 Å². The van der Waals surface area contributed by atoms with E-state index in [9.17, 15) is 0 Å². The van der Waals surface area contributed by atoms with Crippen molar-refractivity contribution in [2.75, 3.05) is 19.6 Å². The molecule has 0 radical (unpaired) electrons. The van der Waals surface area contributed by atoms with Gasteiger partial charge in [0.15, 0.2) is 0 Å². The van der Waals surface area contributed by atoms with Gasteiger partial charge in [-0.25, -0.2) is 0 Å². The first-order chi connectivity index (χ1) is 7.88. The van der Waals surface area contributed by atoms with Gasteiger partial charge in [-0.2, -0.15) is 0 Å². The molecule has 2 saturated heterocycles. The number of hydrogen-bond donors (Lipinski definition) is 1. The molecule has 1 N–H and O–H groups in total. The third-order valence-corrected chi connectivity index (χ3v) is 4.85. The van der Waals surface area contributed by atoms with Crippen LogP contribution >= 0.6 is 11.3 Å². The molecule has 0 bridgehead atoms. The fourth-order valence-corrected chi connectivity index (χ4v) is 3.99. The molecule has 3 atom stereocenters. The molecule has 4 heteroatoms. The smallest absolute Gasteiger partial charge is 0.0794 e. The van der Waals surface area contributed by atoms with Gasteiger partial charge in [-0.05, 0) is 31.3 Å². The lowest BCUT2D eigenvalue weighted by Gasteiger charge is -2.26. The Balaban J connectivity index is 1.71. The molecular formula is C12H19N3S. The van der Waals surface area contributed by atoms with Crippen molar-refractivity contribution >= 4 is 11.3 Å². The summed E-state index contributed by atoms with van der Waals surface area (Å²) in [5.74, 6) is 1.77. The Morgan fingerprint density at radius 2 is 2.50 bits per heavy atom. The lowest BCUT2D eigenvalue weighted by molar-refractivity contribution is 0.212. The van der Waals surface area contributed by atoms with Crippen LogP contribution in [0.25, 0.3) is 0 Å². The number of rotatable bonds is 3. The average molecular weight is 237 g/mol. The molecule has 2 fully saturated rings. The molecule has 2 aliphatic heterocycles. The zero-order chi connectivity index (χ0) is 11.0. The summed E-state index contributed by atoms with van der Waals surface area (Å²) in [5, 5.41) is 3.53. The van der Waals surface area contributed by atoms with Crippen LogP contribution in [0.5, 0.6) is 0 Å². The van der Waals surface area contributed by atoms with Crippen LogP contribution in [0.1, 0.15) is 18.2 Å². The van der Waals surface area contributed by atoms with Gasteiger partial charge < -0.3 is 5.32 Å². The standard InChI is InChI=1S/C12H19N3S/c1-2-12-11-5-13-3-9(11)6-15(12)7-10-4-14-8-16-10/h4,8-9,11-13H,2-3,5-7H2,1H3. The number of nitrogens with one attached hydrogen (secondary N) is 1. The Kier molecular flexibility index (Phi) is 2.96. The minimum atomic E-state index is 0.780. The minimum Gasteiger partial charge on any atom is -0.316 e. The fourth-order valence-electron chi connectivity index (χ4n) is 3.37. The van der Waals surface area contributed by atoms with E-state index in [1.165, 1.54) is 30.9 Å². The number of hydrogen-bond acceptors (Lipinski definition) is 4. The summed E-state index contributed by atoms with van der Waals surface area (Å²) in [7, 11) is 0. The molecule has 1 aromatic heterocycles. The van der Waals surface area contributed by atoms with Gasteiger partial charge >= 0.3 is 0 Å². The highest BCUT2D eigenvalue weighted by Crippen LogP contribution is 2.35. The highest BCUT2D eigenvalue weighted by atomic mass is 32.1. The first-order valence-electron chi connectivity index (χ1n) is 6.20. The maximum atomic E-state index is 4.17. The zero-order valence-electron chi connectivity index (χ0n) is 9.72. The van der Waals surface area contributed by atoms with Gasteiger partial charge in [-0.3, -0.25) is 9.88 Å². The van der Waals surface area contributed by atoms with E-state index >= 15 is 0 Å². The van der Waals surface area contributed by atoms with Gasteiger partial charge in [0.25, 0.3) is 0 Å². The molecule has 0 spiro atoms. The molecule has 16 heavy (non-hydrogen) atoms. The molecule has 3 heterocycles. The van der Waals surface area contributed by atoms with E-state index < -0.39 is 0 Å². The van der Waals surface area contributed by atoms with Crippen molar-refractivity contribution in [2.45, 2.75) is 25.9 Å². The number of aromatic nitrogens is 1. The predicted octanol–water partition coefficient (Wildman–Crippen LogP) is 1.57. The summed E-state index contributed by atoms with van der Waals surface area (Å²) >= 11 is 1.78. The van der Waals surface area contributed by atoms with Gasteiger partial charge in [0, 0.05) is 30.2 Å². The van der Waals surface area contributed by atoms with Crippen LogP contribution in [0.15, 0.2) is 11.7 Å². The van der Waals surface area contributed by atoms with E-state index in [1.807, 2.05) is 11.7 Å². The fraction of sp³-hybridized carbons (Fsp3) is 0.750. The van der Waals surface area contributed by atoms with Gasteiger partial charge in [-0.15, -0.1) is 11.3 Å². The second kappa shape index (κ2) is 4.43. The molecular weight excluding hydrogens is 218 g/mol. The molecule has 3 rings (SSSR count). The van der Waals surface area contributed by atoms with E-state index in [0.29, 0.717) is 0 Å². The van der Waals surface area contributed by atoms with Crippen molar-refractivity contribution in [3.05, 3.63) is 16.6 Å². The quantitative estimate of drug-likeness (QED) is 0.865. The van der Waals surface area contributed by atoms with Crippen molar-refractivity contribution in [2.24, 2.45) is 11.8 Å². The number of fused-ring (bicyclic) bond motifs is 1. The summed E-state index contributed by atoms with van der Waals surface area (Å²) in [6.45, 7) is 7.15. The third-order valence-electron chi connectivity index (χ3n) is 4.08. The summed E-state index contributed by atoms with van der Waals surface area (Å²) in [5.41, 5.74) is 1.94. The molecule has 1 aromatic rings. The van der Waals surface area contributed by atoms with Crippen molar-refractivity contribution in [3.8, 4) is 0 Å². The number of likely N-dealkylation sites (tertiary alicyclic amines) is 1. The summed E-state index contributed by atoms with van der Waals surface area (Å²) < 4.78 is 0. The topological polar surface area (TPSA) is 28.2 Å². The zero-order valence-corrected chi connectivity index (χ0v) is 10.5. The van der Waals surface area contributed by atoms with Crippen molar-refractivity contribution in [3.63, 3.8) is 0 Å². The molecule has 0 saturated carbocycles. The Hall–Kier alpha value is -0.450. The van der Waals surface area contributed by atoms with Crippen molar-refractivity contribution in [1.29, 1.82) is 0 Å². The van der Waals surface area contributed by atoms with Crippen LogP contribution in [-0.4, -0.2) is 35.6 Å². The summed E-state index contributed by atoms with van der Waals surface area (Å²) in [6.07, 6.45) is 3.30. The van der Waals surface area contributed by atoms with Crippen molar-refractivity contribution in [1.82, 2.24) is 15.2 Å². The number of thiazole rings is 1. The second-order valence-corrected chi connectivity index (χ2v) is 5.93. The van der Waals surface area contributed by atoms with Gasteiger partial charge in [0.1, 0.15) is 0 Å². The van der Waals surface area contributed by atoms with Crippen molar-refractivity contribution < 1.29 is 0 Å². The first kappa shape index (κ1) is 10.7. The highest BCUT2D eigenvalue weighted by molar-refractivity contribution is 7.09. The monoisotopic (exact) mass is 237 g/mol. The van der Waals surface area contributed by atoms with Crippen LogP contribution in [0.2, 0.25) is 0 Å². The molecule has 88 valence electrons. The van der Waals surface area contributed by atoms with Crippen LogP contribution in [0, 0.1) is 11.8 Å². The first-order valence-corrected chi connectivity index (χ1v) is 7.08. The molecule has 3 nitrogen and oxygen atoms in total. The molecule has 0 aromatic carbocycles. The van der Waals surface area contributed by atoms with Crippen LogP contribution < -0.4 is 5.32 Å². The van der Waals surface area contributed by atoms with Gasteiger partial charge in [0.2, 0.25) is 0 Å². The van der Waals surface area contributed by atoms with Crippen LogP contribution in [-0.2, 0) is 6.54 Å². The lowest BCUT2D eigenvalue weighted by atomic mass is 9.93. The van der Waals surface area contributed by atoms with Gasteiger partial charge in [-0.1, -0.05) is 6.92 Å². The van der Waals surface area contributed by atoms with E-state index in [0.717, 1.165) is 24.4 Å². The summed E-state index contributed by atoms with van der Waals surface area (Å²) in [4.78, 5) is 8.25. The number of nitrogens with zero attached hydrogens (tertiary/aromatic N) is 2. The Bertz CT molecular complexity index is 338. The second-order valence-electron chi connectivity index (χ2n) is 4.95. The normalized spacial score (nSPS) is 34.4. The molecule has 0 aliphatic carbocycles. The maximum Gasteiger partial charge on any atom is 0.0794 e. The Morgan fingerprint density at radius 1 is 1.56 bits per heavy atom. The maximum absolute atomic E-state index is 4.17. The van der Waals surface area contributed by atoms with E-state index in [2.05, 4.69) is 22.1 Å². The van der Waals surface area contributed by atoms with E-state index in [1.54, 1.807) is 11.3 Å². The minimum absolute atomic E-state index is 0.780. The third kappa shape index (κ3) is 1.79. The van der Waals surface area contributed by atoms with Crippen LogP contribution in [0.3, 0.4) is 0 Å². The van der Waals surface area contributed by atoms with Gasteiger partial charge in [0.05, 0.1) is 5.51 Å².